The zero-order valence-electron chi connectivity index (χ0n) is 7.67. The highest BCUT2D eigenvalue weighted by Crippen LogP contribution is 2.03. The molecule has 0 radical (unpaired) electrons. The molecule has 74 valence electrons. The number of carbonyl (C=O) groups is 2. The van der Waals surface area contributed by atoms with Crippen LogP contribution in [-0.2, 0) is 9.59 Å². The summed E-state index contributed by atoms with van der Waals surface area (Å²) in [7, 11) is 0. The van der Waals surface area contributed by atoms with E-state index in [4.69, 9.17) is 5.73 Å². The van der Waals surface area contributed by atoms with Gasteiger partial charge in [-0.3, -0.25) is 9.59 Å². The van der Waals surface area contributed by atoms with Gasteiger partial charge in [-0.15, -0.1) is 0 Å². The molecule has 13 heavy (non-hydrogen) atoms. The Morgan fingerprint density at radius 1 is 1.62 bits per heavy atom. The van der Waals surface area contributed by atoms with Gasteiger partial charge in [-0.2, -0.15) is 0 Å². The van der Waals surface area contributed by atoms with Gasteiger partial charge in [0.05, 0.1) is 5.92 Å². The highest BCUT2D eigenvalue weighted by Gasteiger charge is 2.25. The minimum atomic E-state index is -0.389. The van der Waals surface area contributed by atoms with E-state index >= 15 is 0 Å². The van der Waals surface area contributed by atoms with E-state index in [1.165, 1.54) is 0 Å². The Hall–Kier alpha value is -1.10. The van der Waals surface area contributed by atoms with Crippen molar-refractivity contribution in [2.45, 2.75) is 19.4 Å². The van der Waals surface area contributed by atoms with Crippen LogP contribution in [0.15, 0.2) is 0 Å². The third kappa shape index (κ3) is 3.02. The molecule has 0 aromatic heterocycles. The van der Waals surface area contributed by atoms with Crippen molar-refractivity contribution in [2.75, 3.05) is 13.1 Å². The molecule has 1 fully saturated rings. The highest BCUT2D eigenvalue weighted by molar-refractivity contribution is 5.81. The van der Waals surface area contributed by atoms with Crippen LogP contribution >= 0.6 is 0 Å². The Labute approximate surface area is 77.1 Å². The van der Waals surface area contributed by atoms with Gasteiger partial charge >= 0.3 is 0 Å². The van der Waals surface area contributed by atoms with Crippen LogP contribution in [0.1, 0.15) is 13.3 Å². The summed E-state index contributed by atoms with van der Waals surface area (Å²) in [6.45, 7) is 3.24. The van der Waals surface area contributed by atoms with Crippen LogP contribution in [-0.4, -0.2) is 30.9 Å². The summed E-state index contributed by atoms with van der Waals surface area (Å²) in [4.78, 5) is 21.8. The van der Waals surface area contributed by atoms with Crippen LogP contribution in [0, 0.1) is 5.92 Å². The monoisotopic (exact) mass is 185 g/mol. The fourth-order valence-electron chi connectivity index (χ4n) is 1.19. The topological polar surface area (TPSA) is 84.2 Å². The number of hydrogen-bond acceptors (Lipinski definition) is 3. The van der Waals surface area contributed by atoms with Gasteiger partial charge < -0.3 is 16.4 Å². The molecule has 1 aliphatic rings. The molecule has 1 unspecified atom stereocenters. The van der Waals surface area contributed by atoms with E-state index in [9.17, 15) is 9.59 Å². The first-order chi connectivity index (χ1) is 6.09. The van der Waals surface area contributed by atoms with Gasteiger partial charge in [0.2, 0.25) is 11.8 Å². The van der Waals surface area contributed by atoms with Crippen LogP contribution in [0.5, 0.6) is 0 Å². The van der Waals surface area contributed by atoms with Gasteiger partial charge in [-0.05, 0) is 6.92 Å². The number of carbonyl (C=O) groups excluding carboxylic acids is 2. The van der Waals surface area contributed by atoms with Gasteiger partial charge in [-0.25, -0.2) is 0 Å². The average Bonchev–Trinajstić information content (AvgIpc) is 1.78. The number of nitrogens with one attached hydrogen (secondary N) is 2. The van der Waals surface area contributed by atoms with Crippen molar-refractivity contribution in [2.24, 2.45) is 11.7 Å². The van der Waals surface area contributed by atoms with Crippen LogP contribution in [0.3, 0.4) is 0 Å². The fourth-order valence-corrected chi connectivity index (χ4v) is 1.19. The molecule has 1 heterocycles. The smallest absolute Gasteiger partial charge is 0.225 e. The molecule has 5 heteroatoms. The highest BCUT2D eigenvalue weighted by atomic mass is 16.2. The first kappa shape index (κ1) is 9.98. The molecular weight excluding hydrogens is 170 g/mol. The standard InChI is InChI=1S/C8H15N3O2/c1-5(2-7(9)12)11-8(13)6-3-10-4-6/h5-6,10H,2-4H2,1H3,(H2,9,12)(H,11,13). The first-order valence-electron chi connectivity index (χ1n) is 4.39. The Balaban J connectivity index is 2.22. The summed E-state index contributed by atoms with van der Waals surface area (Å²) in [5.74, 6) is -0.317. The second-order valence-corrected chi connectivity index (χ2v) is 3.44. The summed E-state index contributed by atoms with van der Waals surface area (Å²) >= 11 is 0. The van der Waals surface area contributed by atoms with Crippen molar-refractivity contribution < 1.29 is 9.59 Å². The molecule has 1 rings (SSSR count). The summed E-state index contributed by atoms with van der Waals surface area (Å²) in [6.07, 6.45) is 0.200. The fraction of sp³-hybridized carbons (Fsp3) is 0.750. The van der Waals surface area contributed by atoms with Crippen LogP contribution < -0.4 is 16.4 Å². The average molecular weight is 185 g/mol. The van der Waals surface area contributed by atoms with Gasteiger partial charge in [0.25, 0.3) is 0 Å². The van der Waals surface area contributed by atoms with Crippen molar-refractivity contribution in [3.63, 3.8) is 0 Å². The van der Waals surface area contributed by atoms with E-state index in [-0.39, 0.29) is 30.2 Å². The molecule has 4 N–H and O–H groups in total. The van der Waals surface area contributed by atoms with E-state index in [2.05, 4.69) is 10.6 Å². The van der Waals surface area contributed by atoms with E-state index < -0.39 is 0 Å². The number of rotatable bonds is 4. The van der Waals surface area contributed by atoms with E-state index in [1.807, 2.05) is 0 Å². The van der Waals surface area contributed by atoms with Gasteiger partial charge in [-0.1, -0.05) is 0 Å². The number of amides is 2. The van der Waals surface area contributed by atoms with Crippen LogP contribution in [0.4, 0.5) is 0 Å². The van der Waals surface area contributed by atoms with E-state index in [0.29, 0.717) is 0 Å². The molecule has 5 nitrogen and oxygen atoms in total. The maximum absolute atomic E-state index is 11.3. The minimum Gasteiger partial charge on any atom is -0.370 e. The molecule has 0 saturated carbocycles. The first-order valence-corrected chi connectivity index (χ1v) is 4.39. The largest absolute Gasteiger partial charge is 0.370 e. The van der Waals surface area contributed by atoms with Crippen molar-refractivity contribution in [3.05, 3.63) is 0 Å². The van der Waals surface area contributed by atoms with E-state index in [0.717, 1.165) is 13.1 Å². The zero-order valence-corrected chi connectivity index (χ0v) is 7.67. The molecule has 0 aromatic carbocycles. The lowest BCUT2D eigenvalue weighted by Crippen LogP contribution is -2.52. The lowest BCUT2D eigenvalue weighted by molar-refractivity contribution is -0.127. The van der Waals surface area contributed by atoms with Crippen LogP contribution in [0.25, 0.3) is 0 Å². The van der Waals surface area contributed by atoms with Crippen molar-refractivity contribution in [1.82, 2.24) is 10.6 Å². The molecule has 0 spiro atoms. The zero-order chi connectivity index (χ0) is 9.84. The quantitative estimate of drug-likeness (QED) is 0.503. The SMILES string of the molecule is CC(CC(N)=O)NC(=O)C1CNC1. The summed E-state index contributed by atoms with van der Waals surface area (Å²) < 4.78 is 0. The third-order valence-electron chi connectivity index (χ3n) is 2.05. The molecule has 1 saturated heterocycles. The van der Waals surface area contributed by atoms with Gasteiger partial charge in [0.15, 0.2) is 0 Å². The lowest BCUT2D eigenvalue weighted by atomic mass is 10.0. The summed E-state index contributed by atoms with van der Waals surface area (Å²) in [5, 5.41) is 5.74. The maximum Gasteiger partial charge on any atom is 0.225 e. The normalized spacial score (nSPS) is 18.8. The van der Waals surface area contributed by atoms with Crippen molar-refractivity contribution in [1.29, 1.82) is 0 Å². The molecular formula is C8H15N3O2. The lowest BCUT2D eigenvalue weighted by Gasteiger charge is -2.27. The number of primary amides is 1. The predicted octanol–water partition coefficient (Wildman–Crippen LogP) is -1.41. The number of nitrogens with two attached hydrogens (primary N) is 1. The Bertz CT molecular complexity index is 213. The second kappa shape index (κ2) is 4.23. The minimum absolute atomic E-state index is 0.00694. The second-order valence-electron chi connectivity index (χ2n) is 3.44. The van der Waals surface area contributed by atoms with Gasteiger partial charge in [0, 0.05) is 25.6 Å². The Kier molecular flexibility index (Phi) is 3.25. The predicted molar refractivity (Wildman–Crippen MR) is 47.8 cm³/mol. The molecule has 1 atom stereocenters. The number of hydrogen-bond donors (Lipinski definition) is 3. The van der Waals surface area contributed by atoms with E-state index in [1.54, 1.807) is 6.92 Å². The van der Waals surface area contributed by atoms with Gasteiger partial charge in [0.1, 0.15) is 0 Å². The summed E-state index contributed by atoms with van der Waals surface area (Å²) in [6, 6.07) is -0.161. The Morgan fingerprint density at radius 2 is 2.23 bits per heavy atom. The van der Waals surface area contributed by atoms with Crippen molar-refractivity contribution in [3.8, 4) is 0 Å². The molecule has 0 aromatic rings. The van der Waals surface area contributed by atoms with Crippen LogP contribution in [0.2, 0.25) is 0 Å². The molecule has 0 aliphatic carbocycles. The molecule has 0 bridgehead atoms. The molecule has 1 aliphatic heterocycles. The maximum atomic E-state index is 11.3. The Morgan fingerprint density at radius 3 is 2.62 bits per heavy atom. The molecule has 2 amide bonds. The third-order valence-corrected chi connectivity index (χ3v) is 2.05. The summed E-state index contributed by atoms with van der Waals surface area (Å²) in [5.41, 5.74) is 4.99. The van der Waals surface area contributed by atoms with Crippen molar-refractivity contribution >= 4 is 11.8 Å².